The van der Waals surface area contributed by atoms with Crippen molar-refractivity contribution in [3.8, 4) is 0 Å². The van der Waals surface area contributed by atoms with Gasteiger partial charge >= 0.3 is 0 Å². The average Bonchev–Trinajstić information content (AvgIpc) is 3.22. The highest BCUT2D eigenvalue weighted by atomic mass is 32.2. The number of hydrogen-bond donors (Lipinski definition) is 1. The van der Waals surface area contributed by atoms with Gasteiger partial charge in [0.1, 0.15) is 0 Å². The van der Waals surface area contributed by atoms with Crippen LogP contribution in [0.1, 0.15) is 20.8 Å². The largest absolute Gasteiger partial charge is 0.385 e. The molecule has 1 aromatic heterocycles. The summed E-state index contributed by atoms with van der Waals surface area (Å²) in [6, 6.07) is 20.0. The first-order chi connectivity index (χ1) is 13.6. The van der Waals surface area contributed by atoms with Crippen molar-refractivity contribution < 1.29 is 13.2 Å². The maximum atomic E-state index is 13.3. The van der Waals surface area contributed by atoms with E-state index in [-0.39, 0.29) is 11.4 Å². The van der Waals surface area contributed by atoms with Gasteiger partial charge in [0.15, 0.2) is 4.91 Å². The molecule has 0 atom stereocenters. The number of nitrogens with zero attached hydrogens (tertiary/aromatic N) is 1. The van der Waals surface area contributed by atoms with Gasteiger partial charge in [0.25, 0.3) is 10.0 Å². The van der Waals surface area contributed by atoms with Crippen LogP contribution in [0.15, 0.2) is 83.2 Å². The number of fused-ring (bicyclic) bond motifs is 1. The Kier molecular flexibility index (Phi) is 5.02. The van der Waals surface area contributed by atoms with E-state index in [1.807, 2.05) is 47.8 Å². The fourth-order valence-corrected chi connectivity index (χ4v) is 5.30. The number of benzene rings is 2. The Hall–Kier alpha value is -2.90. The molecule has 4 rings (SSSR count). The summed E-state index contributed by atoms with van der Waals surface area (Å²) >= 11 is 1.56. The van der Waals surface area contributed by atoms with Crippen LogP contribution in [0.2, 0.25) is 0 Å². The first-order valence-electron chi connectivity index (χ1n) is 8.74. The summed E-state index contributed by atoms with van der Waals surface area (Å²) < 4.78 is 27.9. The Bertz CT molecular complexity index is 1120. The molecule has 28 heavy (non-hydrogen) atoms. The predicted octanol–water partition coefficient (Wildman–Crippen LogP) is 3.91. The van der Waals surface area contributed by atoms with Gasteiger partial charge in [0.2, 0.25) is 5.78 Å². The van der Waals surface area contributed by atoms with Crippen LogP contribution < -0.4 is 9.62 Å². The molecule has 7 heteroatoms. The Balaban J connectivity index is 1.73. The molecule has 0 saturated heterocycles. The van der Waals surface area contributed by atoms with E-state index in [0.717, 1.165) is 10.4 Å². The third-order valence-corrected chi connectivity index (χ3v) is 7.11. The number of carbonyl (C=O) groups excluding carboxylic acids is 1. The first kappa shape index (κ1) is 18.5. The molecule has 2 aromatic carbocycles. The van der Waals surface area contributed by atoms with E-state index >= 15 is 0 Å². The van der Waals surface area contributed by atoms with Crippen LogP contribution >= 0.6 is 11.3 Å². The minimum absolute atomic E-state index is 0.162. The number of thiophene rings is 1. The van der Waals surface area contributed by atoms with Gasteiger partial charge in [-0.3, -0.25) is 9.10 Å². The third-order valence-electron chi connectivity index (χ3n) is 4.47. The molecule has 1 aliphatic rings. The smallest absolute Gasteiger partial charge is 0.270 e. The van der Waals surface area contributed by atoms with Crippen LogP contribution in [-0.4, -0.2) is 14.2 Å². The van der Waals surface area contributed by atoms with E-state index in [0.29, 0.717) is 17.8 Å². The maximum absolute atomic E-state index is 13.3. The second kappa shape index (κ2) is 7.61. The van der Waals surface area contributed by atoms with Crippen molar-refractivity contribution in [2.75, 3.05) is 4.31 Å². The second-order valence-electron chi connectivity index (χ2n) is 6.31. The molecular formula is C21H18N2O3S2. The summed E-state index contributed by atoms with van der Waals surface area (Å²) in [6.45, 7) is 0.625. The monoisotopic (exact) mass is 410 g/mol. The number of anilines is 1. The van der Waals surface area contributed by atoms with Crippen LogP contribution in [0.4, 0.5) is 5.69 Å². The molecule has 0 unspecified atom stereocenters. The van der Waals surface area contributed by atoms with E-state index in [2.05, 4.69) is 5.32 Å². The number of Topliss-reactive ketones (excluding diaryl/α,β-unsaturated/α-hetero) is 1. The van der Waals surface area contributed by atoms with Crippen molar-refractivity contribution in [3.05, 3.63) is 99.2 Å². The molecular weight excluding hydrogens is 392 g/mol. The number of nitrogens with one attached hydrogen (secondary N) is 1. The summed E-state index contributed by atoms with van der Waals surface area (Å²) in [6.07, 6.45) is 1.32. The Labute approximate surface area is 168 Å². The topological polar surface area (TPSA) is 66.5 Å². The van der Waals surface area contributed by atoms with E-state index in [1.54, 1.807) is 35.6 Å². The lowest BCUT2D eigenvalue weighted by Crippen LogP contribution is -2.39. The molecule has 5 nitrogen and oxygen atoms in total. The molecule has 1 N–H and O–H groups in total. The van der Waals surface area contributed by atoms with Crippen LogP contribution in [0.25, 0.3) is 0 Å². The van der Waals surface area contributed by atoms with Gasteiger partial charge in [0, 0.05) is 23.2 Å². The van der Waals surface area contributed by atoms with Gasteiger partial charge in [-0.05, 0) is 29.1 Å². The zero-order valence-electron chi connectivity index (χ0n) is 14.9. The van der Waals surface area contributed by atoms with Crippen LogP contribution in [0, 0.1) is 0 Å². The molecule has 0 saturated carbocycles. The zero-order valence-corrected chi connectivity index (χ0v) is 16.5. The summed E-state index contributed by atoms with van der Waals surface area (Å²) in [5.41, 5.74) is 1.64. The van der Waals surface area contributed by atoms with Gasteiger partial charge in [-0.1, -0.05) is 48.5 Å². The summed E-state index contributed by atoms with van der Waals surface area (Å²) in [5.74, 6) is -0.487. The van der Waals surface area contributed by atoms with Crippen molar-refractivity contribution in [2.24, 2.45) is 0 Å². The lowest BCUT2D eigenvalue weighted by atomic mass is 10.1. The normalized spacial score (nSPS) is 16.8. The molecule has 3 aromatic rings. The number of allylic oxidation sites excluding steroid dienone is 1. The fraction of sp³-hybridized carbons (Fsp3) is 0.0952. The quantitative estimate of drug-likeness (QED) is 0.648. The van der Waals surface area contributed by atoms with Crippen molar-refractivity contribution >= 4 is 32.8 Å². The minimum atomic E-state index is -3.98. The van der Waals surface area contributed by atoms with Gasteiger partial charge in [-0.15, -0.1) is 11.3 Å². The molecule has 0 radical (unpaired) electrons. The van der Waals surface area contributed by atoms with E-state index < -0.39 is 15.8 Å². The van der Waals surface area contributed by atoms with Gasteiger partial charge < -0.3 is 5.32 Å². The standard InChI is InChI=1S/C21H18N2O3S2/c24-21-18-10-4-5-11-19(18)23(15-16-7-2-1-3-8-16)28(25,26)20(21)14-22-13-17-9-6-12-27-17/h1-12,14,22H,13,15H2/b20-14-. The molecule has 1 aliphatic heterocycles. The highest BCUT2D eigenvalue weighted by molar-refractivity contribution is 7.97. The van der Waals surface area contributed by atoms with Gasteiger partial charge in [-0.2, -0.15) is 0 Å². The van der Waals surface area contributed by atoms with Crippen molar-refractivity contribution in [1.29, 1.82) is 0 Å². The molecule has 0 fully saturated rings. The minimum Gasteiger partial charge on any atom is -0.385 e. The summed E-state index contributed by atoms with van der Waals surface area (Å²) in [4.78, 5) is 13.7. The number of sulfonamides is 1. The number of hydrogen-bond acceptors (Lipinski definition) is 5. The Morgan fingerprint density at radius 3 is 2.46 bits per heavy atom. The predicted molar refractivity (Wildman–Crippen MR) is 112 cm³/mol. The van der Waals surface area contributed by atoms with Crippen LogP contribution in [0.3, 0.4) is 0 Å². The zero-order chi connectivity index (χ0) is 19.6. The maximum Gasteiger partial charge on any atom is 0.270 e. The molecule has 0 spiro atoms. The van der Waals surface area contributed by atoms with E-state index in [9.17, 15) is 13.2 Å². The number of carbonyl (C=O) groups is 1. The molecule has 142 valence electrons. The van der Waals surface area contributed by atoms with Crippen LogP contribution in [0.5, 0.6) is 0 Å². The second-order valence-corrected chi connectivity index (χ2v) is 9.18. The Morgan fingerprint density at radius 1 is 0.964 bits per heavy atom. The number of rotatable bonds is 5. The summed E-state index contributed by atoms with van der Waals surface area (Å²) in [5, 5.41) is 4.93. The lowest BCUT2D eigenvalue weighted by Gasteiger charge is -2.31. The fourth-order valence-electron chi connectivity index (χ4n) is 3.10. The van der Waals surface area contributed by atoms with Crippen LogP contribution in [-0.2, 0) is 23.1 Å². The molecule has 0 aliphatic carbocycles. The molecule has 0 bridgehead atoms. The van der Waals surface area contributed by atoms with Gasteiger partial charge in [-0.25, -0.2) is 8.42 Å². The van der Waals surface area contributed by atoms with E-state index in [1.165, 1.54) is 10.5 Å². The highest BCUT2D eigenvalue weighted by Gasteiger charge is 2.39. The SMILES string of the molecule is O=C1/C(=C/NCc2cccs2)S(=O)(=O)N(Cc2ccccc2)c2ccccc21. The summed E-state index contributed by atoms with van der Waals surface area (Å²) in [7, 11) is -3.98. The lowest BCUT2D eigenvalue weighted by molar-refractivity contribution is 0.104. The average molecular weight is 411 g/mol. The molecule has 0 amide bonds. The first-order valence-corrected chi connectivity index (χ1v) is 11.1. The number of ketones is 1. The Morgan fingerprint density at radius 2 is 1.71 bits per heavy atom. The number of para-hydroxylation sites is 1. The third kappa shape index (κ3) is 3.46. The molecule has 2 heterocycles. The van der Waals surface area contributed by atoms with Crippen molar-refractivity contribution in [2.45, 2.75) is 13.1 Å². The van der Waals surface area contributed by atoms with E-state index in [4.69, 9.17) is 0 Å². The van der Waals surface area contributed by atoms with Gasteiger partial charge in [0.05, 0.1) is 12.2 Å². The van der Waals surface area contributed by atoms with Crippen molar-refractivity contribution in [3.63, 3.8) is 0 Å². The highest BCUT2D eigenvalue weighted by Crippen LogP contribution is 2.35. The van der Waals surface area contributed by atoms with Crippen molar-refractivity contribution in [1.82, 2.24) is 5.32 Å².